The van der Waals surface area contributed by atoms with E-state index < -0.39 is 10.0 Å². The van der Waals surface area contributed by atoms with E-state index in [9.17, 15) is 13.7 Å². The van der Waals surface area contributed by atoms with Gasteiger partial charge in [0.1, 0.15) is 11.9 Å². The van der Waals surface area contributed by atoms with Gasteiger partial charge < -0.3 is 4.90 Å². The first-order valence-electron chi connectivity index (χ1n) is 8.59. The normalized spacial score (nSPS) is 17.8. The molecular weight excluding hydrogens is 364 g/mol. The van der Waals surface area contributed by atoms with Gasteiger partial charge in [-0.3, -0.25) is 4.40 Å². The van der Waals surface area contributed by atoms with Crippen molar-refractivity contribution in [2.75, 3.05) is 18.0 Å². The maximum Gasteiger partial charge on any atom is 0.238 e. The Morgan fingerprint density at radius 3 is 2.85 bits per heavy atom. The Balaban J connectivity index is 1.67. The molecule has 0 amide bonds. The first-order chi connectivity index (χ1) is 13.0. The number of piperidine rings is 1. The number of nitrogens with two attached hydrogens (primary N) is 1. The summed E-state index contributed by atoms with van der Waals surface area (Å²) in [6.45, 7) is 1.47. The molecule has 3 heterocycles. The van der Waals surface area contributed by atoms with Gasteiger partial charge in [-0.1, -0.05) is 6.07 Å². The number of fused-ring (bicyclic) bond motifs is 1. The van der Waals surface area contributed by atoms with Crippen molar-refractivity contribution in [1.29, 1.82) is 5.26 Å². The van der Waals surface area contributed by atoms with Crippen molar-refractivity contribution in [1.82, 2.24) is 14.6 Å². The van der Waals surface area contributed by atoms with Crippen LogP contribution in [0.15, 0.2) is 47.5 Å². The zero-order valence-electron chi connectivity index (χ0n) is 14.5. The first-order valence-corrected chi connectivity index (χ1v) is 10.1. The minimum Gasteiger partial charge on any atom is -0.370 e. The average molecular weight is 382 g/mol. The lowest BCUT2D eigenvalue weighted by molar-refractivity contribution is 0.488. The molecule has 1 aliphatic rings. The number of nitrogens with zero attached hydrogens (tertiary/aromatic N) is 5. The lowest BCUT2D eigenvalue weighted by Gasteiger charge is -2.34. The number of nitriles is 1. The molecule has 4 rings (SSSR count). The van der Waals surface area contributed by atoms with Crippen LogP contribution >= 0.6 is 0 Å². The zero-order valence-corrected chi connectivity index (χ0v) is 15.3. The monoisotopic (exact) mass is 382 g/mol. The summed E-state index contributed by atoms with van der Waals surface area (Å²) in [5.41, 5.74) is 1.82. The third-order valence-electron chi connectivity index (χ3n) is 4.88. The van der Waals surface area contributed by atoms with E-state index in [2.05, 4.69) is 21.2 Å². The Kier molecular flexibility index (Phi) is 4.30. The minimum absolute atomic E-state index is 0.0557. The molecule has 1 fully saturated rings. The summed E-state index contributed by atoms with van der Waals surface area (Å²) < 4.78 is 25.1. The molecule has 0 saturated carbocycles. The Hall–Kier alpha value is -2.96. The molecule has 1 saturated heterocycles. The van der Waals surface area contributed by atoms with Crippen molar-refractivity contribution in [3.63, 3.8) is 0 Å². The molecule has 8 nitrogen and oxygen atoms in total. The van der Waals surface area contributed by atoms with Crippen molar-refractivity contribution >= 4 is 21.4 Å². The van der Waals surface area contributed by atoms with Crippen LogP contribution in [0.25, 0.3) is 5.65 Å². The molecule has 1 aliphatic heterocycles. The molecule has 138 valence electrons. The minimum atomic E-state index is -3.84. The largest absolute Gasteiger partial charge is 0.370 e. The van der Waals surface area contributed by atoms with Crippen LogP contribution in [-0.4, -0.2) is 36.1 Å². The number of primary sulfonamides is 1. The summed E-state index contributed by atoms with van der Waals surface area (Å²) in [5.74, 6) is 1.07. The standard InChI is InChI=1S/C18H18N6O2S/c19-11-14-10-15(27(20,25)26)6-7-16(14)23-8-3-4-13(12-23)18-22-21-17-5-1-2-9-24(17)18/h1-2,5-7,9-10,13H,3-4,8,12H2,(H2,20,25,26). The molecule has 0 radical (unpaired) electrons. The molecule has 2 aromatic heterocycles. The van der Waals surface area contributed by atoms with Crippen LogP contribution in [0.1, 0.15) is 30.1 Å². The van der Waals surface area contributed by atoms with Gasteiger partial charge in [-0.2, -0.15) is 5.26 Å². The van der Waals surface area contributed by atoms with Crippen molar-refractivity contribution in [2.45, 2.75) is 23.7 Å². The number of aromatic nitrogens is 3. The van der Waals surface area contributed by atoms with Crippen molar-refractivity contribution in [3.05, 3.63) is 54.0 Å². The number of sulfonamides is 1. The van der Waals surface area contributed by atoms with Gasteiger partial charge in [0.25, 0.3) is 0 Å². The topological polar surface area (TPSA) is 117 Å². The summed E-state index contributed by atoms with van der Waals surface area (Å²) in [4.78, 5) is 2.05. The van der Waals surface area contributed by atoms with Crippen LogP contribution in [0.3, 0.4) is 0 Å². The molecule has 1 aromatic carbocycles. The Bertz CT molecular complexity index is 1150. The predicted molar refractivity (Wildman–Crippen MR) is 99.7 cm³/mol. The lowest BCUT2D eigenvalue weighted by atomic mass is 9.96. The van der Waals surface area contributed by atoms with Crippen molar-refractivity contribution in [3.8, 4) is 6.07 Å². The van der Waals surface area contributed by atoms with E-state index in [0.717, 1.165) is 30.9 Å². The fraction of sp³-hybridized carbons (Fsp3) is 0.278. The van der Waals surface area contributed by atoms with Crippen LogP contribution in [0.4, 0.5) is 5.69 Å². The Labute approximate surface area is 156 Å². The van der Waals surface area contributed by atoms with Gasteiger partial charge in [0.15, 0.2) is 5.65 Å². The molecule has 0 spiro atoms. The van der Waals surface area contributed by atoms with E-state index in [1.807, 2.05) is 28.8 Å². The van der Waals surface area contributed by atoms with Crippen LogP contribution in [0, 0.1) is 11.3 Å². The molecule has 2 N–H and O–H groups in total. The SMILES string of the molecule is N#Cc1cc(S(N)(=O)=O)ccc1N1CCCC(c2nnc3ccccn23)C1. The van der Waals surface area contributed by atoms with Crippen LogP contribution < -0.4 is 10.0 Å². The van der Waals surface area contributed by atoms with E-state index in [0.29, 0.717) is 17.8 Å². The fourth-order valence-corrected chi connectivity index (χ4v) is 4.14. The van der Waals surface area contributed by atoms with E-state index >= 15 is 0 Å². The maximum atomic E-state index is 11.6. The molecule has 1 unspecified atom stereocenters. The quantitative estimate of drug-likeness (QED) is 0.736. The number of rotatable bonds is 3. The summed E-state index contributed by atoms with van der Waals surface area (Å²) in [5, 5.41) is 23.3. The van der Waals surface area contributed by atoms with Crippen molar-refractivity contribution in [2.24, 2.45) is 5.14 Å². The molecule has 0 bridgehead atoms. The summed E-state index contributed by atoms with van der Waals surface area (Å²) in [6.07, 6.45) is 3.86. The van der Waals surface area contributed by atoms with Gasteiger partial charge in [0.2, 0.25) is 10.0 Å². The summed E-state index contributed by atoms with van der Waals surface area (Å²) in [6, 6.07) is 12.3. The molecule has 0 aliphatic carbocycles. The second-order valence-corrected chi connectivity index (χ2v) is 8.17. The number of hydrogen-bond acceptors (Lipinski definition) is 6. The molecule has 9 heteroatoms. The van der Waals surface area contributed by atoms with Gasteiger partial charge in [-0.25, -0.2) is 13.6 Å². The van der Waals surface area contributed by atoms with Gasteiger partial charge in [-0.05, 0) is 43.2 Å². The summed E-state index contributed by atoms with van der Waals surface area (Å²) in [7, 11) is -3.84. The highest BCUT2D eigenvalue weighted by atomic mass is 32.2. The second-order valence-electron chi connectivity index (χ2n) is 6.61. The number of benzene rings is 1. The third kappa shape index (κ3) is 3.25. The molecular formula is C18H18N6O2S. The Morgan fingerprint density at radius 2 is 2.07 bits per heavy atom. The fourth-order valence-electron chi connectivity index (χ4n) is 3.60. The lowest BCUT2D eigenvalue weighted by Crippen LogP contribution is -2.35. The smallest absolute Gasteiger partial charge is 0.238 e. The molecule has 3 aromatic rings. The van der Waals surface area contributed by atoms with Gasteiger partial charge in [0.05, 0.1) is 16.1 Å². The van der Waals surface area contributed by atoms with Crippen molar-refractivity contribution < 1.29 is 8.42 Å². The summed E-state index contributed by atoms with van der Waals surface area (Å²) >= 11 is 0. The predicted octanol–water partition coefficient (Wildman–Crippen LogP) is 1.63. The van der Waals surface area contributed by atoms with Gasteiger partial charge >= 0.3 is 0 Å². The second kappa shape index (κ2) is 6.64. The number of pyridine rings is 1. The Morgan fingerprint density at radius 1 is 1.22 bits per heavy atom. The molecule has 27 heavy (non-hydrogen) atoms. The highest BCUT2D eigenvalue weighted by molar-refractivity contribution is 7.89. The average Bonchev–Trinajstić information content (AvgIpc) is 3.11. The van der Waals surface area contributed by atoms with Crippen LogP contribution in [-0.2, 0) is 10.0 Å². The van der Waals surface area contributed by atoms with E-state index in [1.165, 1.54) is 12.1 Å². The van der Waals surface area contributed by atoms with E-state index in [1.54, 1.807) is 6.07 Å². The highest BCUT2D eigenvalue weighted by Crippen LogP contribution is 2.31. The van der Waals surface area contributed by atoms with E-state index in [4.69, 9.17) is 5.14 Å². The first kappa shape index (κ1) is 17.5. The maximum absolute atomic E-state index is 11.6. The van der Waals surface area contributed by atoms with Crippen LogP contribution in [0.2, 0.25) is 0 Å². The van der Waals surface area contributed by atoms with E-state index in [-0.39, 0.29) is 10.8 Å². The van der Waals surface area contributed by atoms with Gasteiger partial charge in [-0.15, -0.1) is 10.2 Å². The molecule has 1 atom stereocenters. The highest BCUT2D eigenvalue weighted by Gasteiger charge is 2.27. The van der Waals surface area contributed by atoms with Gasteiger partial charge in [0, 0.05) is 25.2 Å². The number of anilines is 1. The number of hydrogen-bond donors (Lipinski definition) is 1. The zero-order chi connectivity index (χ0) is 19.0. The van der Waals surface area contributed by atoms with Crippen LogP contribution in [0.5, 0.6) is 0 Å². The third-order valence-corrected chi connectivity index (χ3v) is 5.80.